The van der Waals surface area contributed by atoms with Crippen molar-refractivity contribution in [2.75, 3.05) is 7.05 Å². The SMILES string of the molecule is Cc1c(C(=O)N(C)Cc2ccncc2)oc2c1-c1nn(Cc3ccc(Cl)cc3)cc1CC2. The maximum Gasteiger partial charge on any atom is 0.289 e. The van der Waals surface area contributed by atoms with Gasteiger partial charge in [-0.25, -0.2) is 0 Å². The van der Waals surface area contributed by atoms with Gasteiger partial charge >= 0.3 is 0 Å². The lowest BCUT2D eigenvalue weighted by Crippen LogP contribution is -2.26. The summed E-state index contributed by atoms with van der Waals surface area (Å²) in [7, 11) is 1.79. The summed E-state index contributed by atoms with van der Waals surface area (Å²) in [6.45, 7) is 3.10. The van der Waals surface area contributed by atoms with E-state index in [0.29, 0.717) is 18.8 Å². The van der Waals surface area contributed by atoms with Gasteiger partial charge < -0.3 is 9.32 Å². The number of hydrogen-bond donors (Lipinski definition) is 0. The lowest BCUT2D eigenvalue weighted by atomic mass is 9.93. The molecule has 0 fully saturated rings. The quantitative estimate of drug-likeness (QED) is 0.436. The van der Waals surface area contributed by atoms with E-state index < -0.39 is 0 Å². The minimum absolute atomic E-state index is 0.129. The number of rotatable bonds is 5. The molecule has 0 bridgehead atoms. The van der Waals surface area contributed by atoms with Crippen LogP contribution in [0.3, 0.4) is 0 Å². The topological polar surface area (TPSA) is 64.2 Å². The van der Waals surface area contributed by atoms with Crippen molar-refractivity contribution in [3.8, 4) is 11.3 Å². The smallest absolute Gasteiger partial charge is 0.289 e. The van der Waals surface area contributed by atoms with Crippen molar-refractivity contribution in [2.45, 2.75) is 32.9 Å². The Labute approximate surface area is 191 Å². The Kier molecular flexibility index (Phi) is 5.31. The van der Waals surface area contributed by atoms with E-state index >= 15 is 0 Å². The average molecular weight is 447 g/mol. The van der Waals surface area contributed by atoms with Crippen LogP contribution in [0.15, 0.2) is 59.4 Å². The van der Waals surface area contributed by atoms with E-state index in [9.17, 15) is 4.79 Å². The van der Waals surface area contributed by atoms with Crippen LogP contribution >= 0.6 is 11.6 Å². The van der Waals surface area contributed by atoms with Gasteiger partial charge in [-0.05, 0) is 54.3 Å². The summed E-state index contributed by atoms with van der Waals surface area (Å²) in [5, 5.41) is 5.57. The molecule has 5 rings (SSSR count). The number of carbonyl (C=O) groups excluding carboxylic acids is 1. The van der Waals surface area contributed by atoms with Crippen LogP contribution in [0.2, 0.25) is 5.02 Å². The number of benzene rings is 1. The third kappa shape index (κ3) is 3.82. The molecule has 3 heterocycles. The molecule has 162 valence electrons. The first-order valence-corrected chi connectivity index (χ1v) is 10.9. The number of carbonyl (C=O) groups is 1. The Balaban J connectivity index is 1.42. The first-order valence-electron chi connectivity index (χ1n) is 10.6. The molecule has 1 amide bonds. The maximum atomic E-state index is 13.2. The number of furan rings is 1. The maximum absolute atomic E-state index is 13.2. The lowest BCUT2D eigenvalue weighted by molar-refractivity contribution is 0.0750. The molecule has 3 aromatic heterocycles. The summed E-state index contributed by atoms with van der Waals surface area (Å²) in [6.07, 6.45) is 7.16. The predicted octanol–water partition coefficient (Wildman–Crippen LogP) is 4.92. The number of halogens is 1. The van der Waals surface area contributed by atoms with Crippen LogP contribution in [0.4, 0.5) is 0 Å². The Bertz CT molecular complexity index is 1280. The van der Waals surface area contributed by atoms with E-state index in [1.54, 1.807) is 24.3 Å². The number of fused-ring (bicyclic) bond motifs is 3. The molecule has 0 saturated heterocycles. The van der Waals surface area contributed by atoms with Crippen LogP contribution in [-0.2, 0) is 25.9 Å². The number of pyridine rings is 1. The van der Waals surface area contributed by atoms with E-state index in [0.717, 1.165) is 51.6 Å². The van der Waals surface area contributed by atoms with Gasteiger partial charge in [0.2, 0.25) is 0 Å². The van der Waals surface area contributed by atoms with Gasteiger partial charge in [-0.15, -0.1) is 0 Å². The van der Waals surface area contributed by atoms with Crippen LogP contribution in [0.1, 0.15) is 38.6 Å². The molecule has 7 heteroatoms. The highest BCUT2D eigenvalue weighted by atomic mass is 35.5. The van der Waals surface area contributed by atoms with Gasteiger partial charge in [0.1, 0.15) is 5.76 Å². The molecule has 0 spiro atoms. The van der Waals surface area contributed by atoms with Gasteiger partial charge in [-0.1, -0.05) is 23.7 Å². The molecule has 0 saturated carbocycles. The average Bonchev–Trinajstić information content (AvgIpc) is 3.35. The van der Waals surface area contributed by atoms with Gasteiger partial charge in [-0.3, -0.25) is 14.5 Å². The number of hydrogen-bond acceptors (Lipinski definition) is 4. The second kappa shape index (κ2) is 8.28. The predicted molar refractivity (Wildman–Crippen MR) is 123 cm³/mol. The molecule has 6 nitrogen and oxygen atoms in total. The molecule has 4 aromatic rings. The van der Waals surface area contributed by atoms with Crippen molar-refractivity contribution in [3.05, 3.63) is 93.8 Å². The first-order chi connectivity index (χ1) is 15.5. The van der Waals surface area contributed by atoms with Gasteiger partial charge in [0.15, 0.2) is 5.76 Å². The number of amides is 1. The zero-order valence-electron chi connectivity index (χ0n) is 18.0. The van der Waals surface area contributed by atoms with Crippen molar-refractivity contribution in [2.24, 2.45) is 0 Å². The van der Waals surface area contributed by atoms with Crippen LogP contribution in [0, 0.1) is 6.92 Å². The van der Waals surface area contributed by atoms with Crippen LogP contribution < -0.4 is 0 Å². The monoisotopic (exact) mass is 446 g/mol. The lowest BCUT2D eigenvalue weighted by Gasteiger charge is -2.16. The highest BCUT2D eigenvalue weighted by Gasteiger charge is 2.30. The summed E-state index contributed by atoms with van der Waals surface area (Å²) in [4.78, 5) is 18.9. The van der Waals surface area contributed by atoms with Gasteiger partial charge in [-0.2, -0.15) is 5.10 Å². The van der Waals surface area contributed by atoms with E-state index in [1.165, 1.54) is 5.56 Å². The molecular weight excluding hydrogens is 424 g/mol. The Morgan fingerprint density at radius 1 is 1.12 bits per heavy atom. The summed E-state index contributed by atoms with van der Waals surface area (Å²) < 4.78 is 8.04. The third-order valence-corrected chi connectivity index (χ3v) is 6.14. The summed E-state index contributed by atoms with van der Waals surface area (Å²) in [5.74, 6) is 1.11. The molecule has 0 atom stereocenters. The molecule has 0 radical (unpaired) electrons. The van der Waals surface area contributed by atoms with Crippen LogP contribution in [0.5, 0.6) is 0 Å². The molecule has 1 aliphatic carbocycles. The molecule has 1 aliphatic rings. The zero-order valence-corrected chi connectivity index (χ0v) is 18.8. The van der Waals surface area contributed by atoms with E-state index in [-0.39, 0.29) is 5.91 Å². The van der Waals surface area contributed by atoms with E-state index in [1.807, 2.05) is 48.0 Å². The molecule has 1 aromatic carbocycles. The van der Waals surface area contributed by atoms with Gasteiger partial charge in [0, 0.05) is 54.8 Å². The highest BCUT2D eigenvalue weighted by Crippen LogP contribution is 2.38. The second-order valence-corrected chi connectivity index (χ2v) is 8.63. The van der Waals surface area contributed by atoms with Crippen LogP contribution in [-0.4, -0.2) is 32.6 Å². The second-order valence-electron chi connectivity index (χ2n) is 8.20. The number of aromatic nitrogens is 3. The molecular formula is C25H23ClN4O2. The molecule has 0 aliphatic heterocycles. The largest absolute Gasteiger partial charge is 0.455 e. The Hall–Kier alpha value is -3.38. The Morgan fingerprint density at radius 3 is 2.62 bits per heavy atom. The van der Waals surface area contributed by atoms with Gasteiger partial charge in [0.25, 0.3) is 5.91 Å². The number of aryl methyl sites for hydroxylation is 2. The third-order valence-electron chi connectivity index (χ3n) is 5.88. The summed E-state index contributed by atoms with van der Waals surface area (Å²) >= 11 is 6.00. The molecule has 32 heavy (non-hydrogen) atoms. The Morgan fingerprint density at radius 2 is 1.88 bits per heavy atom. The highest BCUT2D eigenvalue weighted by molar-refractivity contribution is 6.30. The number of nitrogens with zero attached hydrogens (tertiary/aromatic N) is 4. The van der Waals surface area contributed by atoms with Crippen molar-refractivity contribution in [3.63, 3.8) is 0 Å². The standard InChI is InChI=1S/C25H23ClN4O2/c1-16-22-21(32-24(16)25(31)29(2)13-18-9-11-27-12-10-18)8-5-19-15-30(28-23(19)22)14-17-3-6-20(26)7-4-17/h3-4,6-7,9-12,15H,5,8,13-14H2,1-2H3. The fourth-order valence-corrected chi connectivity index (χ4v) is 4.36. The minimum Gasteiger partial charge on any atom is -0.455 e. The van der Waals surface area contributed by atoms with Gasteiger partial charge in [0.05, 0.1) is 12.2 Å². The van der Waals surface area contributed by atoms with Crippen molar-refractivity contribution in [1.82, 2.24) is 19.7 Å². The fourth-order valence-electron chi connectivity index (χ4n) is 4.23. The molecule has 0 unspecified atom stereocenters. The summed E-state index contributed by atoms with van der Waals surface area (Å²) in [6, 6.07) is 11.6. The fraction of sp³-hybridized carbons (Fsp3) is 0.240. The minimum atomic E-state index is -0.129. The normalized spacial score (nSPS) is 12.3. The van der Waals surface area contributed by atoms with Crippen molar-refractivity contribution in [1.29, 1.82) is 0 Å². The first kappa shape index (κ1) is 20.5. The van der Waals surface area contributed by atoms with Crippen molar-refractivity contribution < 1.29 is 9.21 Å². The van der Waals surface area contributed by atoms with E-state index in [2.05, 4.69) is 11.2 Å². The molecule has 0 N–H and O–H groups in total. The summed E-state index contributed by atoms with van der Waals surface area (Å²) in [5.41, 5.74) is 6.06. The van der Waals surface area contributed by atoms with Crippen LogP contribution in [0.25, 0.3) is 11.3 Å². The van der Waals surface area contributed by atoms with E-state index in [4.69, 9.17) is 21.1 Å². The van der Waals surface area contributed by atoms with Crippen molar-refractivity contribution >= 4 is 17.5 Å². The zero-order chi connectivity index (χ0) is 22.2.